The van der Waals surface area contributed by atoms with E-state index in [1.165, 1.54) is 20.2 Å². The maximum Gasteiger partial charge on any atom is 0.122 e. The molecule has 2 heterocycles. The number of hydrogen-bond acceptors (Lipinski definition) is 3. The molecule has 3 nitrogen and oxygen atoms in total. The smallest absolute Gasteiger partial charge is 0.122 e. The van der Waals surface area contributed by atoms with Crippen LogP contribution in [0.25, 0.3) is 31.2 Å². The van der Waals surface area contributed by atoms with E-state index in [1.54, 1.807) is 11.3 Å². The topological polar surface area (TPSA) is 41.6 Å². The monoisotopic (exact) mass is 225 g/mol. The first-order valence-corrected chi connectivity index (χ1v) is 5.86. The first-order chi connectivity index (χ1) is 7.93. The highest BCUT2D eigenvalue weighted by Gasteiger charge is 2.10. The molecule has 0 amide bonds. The van der Waals surface area contributed by atoms with E-state index in [0.29, 0.717) is 0 Å². The van der Waals surface area contributed by atoms with Crippen molar-refractivity contribution in [2.75, 3.05) is 0 Å². The van der Waals surface area contributed by atoms with E-state index in [2.05, 4.69) is 45.7 Å². The van der Waals surface area contributed by atoms with Gasteiger partial charge in [-0.1, -0.05) is 18.2 Å². The van der Waals surface area contributed by atoms with Crippen molar-refractivity contribution in [1.82, 2.24) is 15.4 Å². The average molecular weight is 225 g/mol. The molecule has 2 aromatic heterocycles. The molecule has 0 saturated carbocycles. The first-order valence-electron chi connectivity index (χ1n) is 5.04. The molecule has 76 valence electrons. The average Bonchev–Trinajstić information content (AvgIpc) is 2.91. The number of rotatable bonds is 0. The van der Waals surface area contributed by atoms with Gasteiger partial charge in [0.15, 0.2) is 0 Å². The van der Waals surface area contributed by atoms with Gasteiger partial charge in [-0.3, -0.25) is 0 Å². The lowest BCUT2D eigenvalue weighted by molar-refractivity contribution is 0.960. The van der Waals surface area contributed by atoms with Gasteiger partial charge in [0.2, 0.25) is 0 Å². The van der Waals surface area contributed by atoms with E-state index < -0.39 is 0 Å². The number of thiophene rings is 1. The van der Waals surface area contributed by atoms with Gasteiger partial charge in [0.05, 0.1) is 0 Å². The summed E-state index contributed by atoms with van der Waals surface area (Å²) < 4.78 is 2.57. The Labute approximate surface area is 94.7 Å². The summed E-state index contributed by atoms with van der Waals surface area (Å²) >= 11 is 1.80. The standard InChI is InChI=1S/C12H7N3S/c1-2-4-9-7(3-1)11-10(16-9)6-5-8-12(11)14-15-13-8/h1-6H,(H,13,14,15). The van der Waals surface area contributed by atoms with Crippen molar-refractivity contribution in [3.05, 3.63) is 36.4 Å². The van der Waals surface area contributed by atoms with Crippen LogP contribution in [0, 0.1) is 0 Å². The lowest BCUT2D eigenvalue weighted by Gasteiger charge is -1.91. The Balaban J connectivity index is 2.42. The molecule has 0 radical (unpaired) electrons. The molecule has 0 spiro atoms. The predicted octanol–water partition coefficient (Wildman–Crippen LogP) is 3.33. The molecule has 4 rings (SSSR count). The Morgan fingerprint density at radius 3 is 2.88 bits per heavy atom. The molecule has 2 aromatic carbocycles. The largest absolute Gasteiger partial charge is 0.197 e. The molecule has 0 unspecified atom stereocenters. The van der Waals surface area contributed by atoms with E-state index in [4.69, 9.17) is 0 Å². The summed E-state index contributed by atoms with van der Waals surface area (Å²) in [5, 5.41) is 13.5. The van der Waals surface area contributed by atoms with Gasteiger partial charge in [-0.05, 0) is 18.2 Å². The summed E-state index contributed by atoms with van der Waals surface area (Å²) in [7, 11) is 0. The summed E-state index contributed by atoms with van der Waals surface area (Å²) in [6, 6.07) is 12.5. The van der Waals surface area contributed by atoms with Crippen molar-refractivity contribution in [1.29, 1.82) is 0 Å². The number of H-pyrrole nitrogens is 1. The third-order valence-electron chi connectivity index (χ3n) is 2.83. The minimum Gasteiger partial charge on any atom is -0.197 e. The van der Waals surface area contributed by atoms with Crippen LogP contribution in [-0.4, -0.2) is 15.4 Å². The van der Waals surface area contributed by atoms with Crippen LogP contribution in [0.3, 0.4) is 0 Å². The van der Waals surface area contributed by atoms with Gasteiger partial charge in [0.25, 0.3) is 0 Å². The summed E-state index contributed by atoms with van der Waals surface area (Å²) in [5.74, 6) is 0. The van der Waals surface area contributed by atoms with Crippen LogP contribution >= 0.6 is 11.3 Å². The quantitative estimate of drug-likeness (QED) is 0.498. The van der Waals surface area contributed by atoms with Crippen molar-refractivity contribution in [2.45, 2.75) is 0 Å². The first kappa shape index (κ1) is 8.24. The molecule has 4 heteroatoms. The van der Waals surface area contributed by atoms with Crippen LogP contribution in [0.5, 0.6) is 0 Å². The second-order valence-corrected chi connectivity index (χ2v) is 4.81. The summed E-state index contributed by atoms with van der Waals surface area (Å²) in [6.45, 7) is 0. The second-order valence-electron chi connectivity index (χ2n) is 3.73. The molecule has 0 atom stereocenters. The SMILES string of the molecule is c1ccc2c(c1)sc1ccc3n[nH]nc3c12. The molecular weight excluding hydrogens is 218 g/mol. The van der Waals surface area contributed by atoms with E-state index >= 15 is 0 Å². The molecule has 0 aliphatic heterocycles. The van der Waals surface area contributed by atoms with Gasteiger partial charge in [-0.15, -0.1) is 11.3 Å². The lowest BCUT2D eigenvalue weighted by Crippen LogP contribution is -1.71. The summed E-state index contributed by atoms with van der Waals surface area (Å²) in [6.07, 6.45) is 0. The van der Waals surface area contributed by atoms with Crippen LogP contribution < -0.4 is 0 Å². The van der Waals surface area contributed by atoms with Gasteiger partial charge in [-0.25, -0.2) is 0 Å². The Bertz CT molecular complexity index is 813. The molecule has 16 heavy (non-hydrogen) atoms. The Morgan fingerprint density at radius 1 is 0.938 bits per heavy atom. The molecule has 0 fully saturated rings. The molecule has 1 N–H and O–H groups in total. The van der Waals surface area contributed by atoms with Crippen molar-refractivity contribution in [3.8, 4) is 0 Å². The molecule has 4 aromatic rings. The van der Waals surface area contributed by atoms with E-state index in [1.807, 2.05) is 6.07 Å². The zero-order valence-electron chi connectivity index (χ0n) is 8.27. The maximum absolute atomic E-state index is 4.24. The van der Waals surface area contributed by atoms with Gasteiger partial charge >= 0.3 is 0 Å². The highest BCUT2D eigenvalue weighted by Crippen LogP contribution is 2.36. The van der Waals surface area contributed by atoms with Gasteiger partial charge < -0.3 is 0 Å². The summed E-state index contributed by atoms with van der Waals surface area (Å²) in [5.41, 5.74) is 1.89. The van der Waals surface area contributed by atoms with E-state index in [-0.39, 0.29) is 0 Å². The van der Waals surface area contributed by atoms with E-state index in [0.717, 1.165) is 11.0 Å². The minimum absolute atomic E-state index is 0.927. The minimum atomic E-state index is 0.927. The fraction of sp³-hybridized carbons (Fsp3) is 0. The third kappa shape index (κ3) is 0.919. The number of aromatic nitrogens is 3. The predicted molar refractivity (Wildman–Crippen MR) is 66.8 cm³/mol. The molecule has 0 saturated heterocycles. The Morgan fingerprint density at radius 2 is 1.88 bits per heavy atom. The zero-order valence-corrected chi connectivity index (χ0v) is 9.08. The number of hydrogen-bond donors (Lipinski definition) is 1. The van der Waals surface area contributed by atoms with Crippen molar-refractivity contribution < 1.29 is 0 Å². The van der Waals surface area contributed by atoms with Crippen molar-refractivity contribution in [3.63, 3.8) is 0 Å². The molecule has 0 bridgehead atoms. The normalized spacial score (nSPS) is 11.8. The fourth-order valence-electron chi connectivity index (χ4n) is 2.12. The number of nitrogens with zero attached hydrogens (tertiary/aromatic N) is 2. The third-order valence-corrected chi connectivity index (χ3v) is 3.96. The van der Waals surface area contributed by atoms with Crippen LogP contribution in [0.15, 0.2) is 36.4 Å². The van der Waals surface area contributed by atoms with Crippen LogP contribution in [-0.2, 0) is 0 Å². The van der Waals surface area contributed by atoms with Crippen LogP contribution in [0.4, 0.5) is 0 Å². The van der Waals surface area contributed by atoms with Gasteiger partial charge in [0, 0.05) is 20.2 Å². The van der Waals surface area contributed by atoms with Crippen LogP contribution in [0.1, 0.15) is 0 Å². The number of fused-ring (bicyclic) bond motifs is 5. The Kier molecular flexibility index (Phi) is 1.44. The number of benzene rings is 2. The van der Waals surface area contributed by atoms with Crippen molar-refractivity contribution >= 4 is 42.5 Å². The molecular formula is C12H7N3S. The van der Waals surface area contributed by atoms with Gasteiger partial charge in [0.1, 0.15) is 11.0 Å². The highest BCUT2D eigenvalue weighted by molar-refractivity contribution is 7.26. The lowest BCUT2D eigenvalue weighted by atomic mass is 10.1. The van der Waals surface area contributed by atoms with Gasteiger partial charge in [-0.2, -0.15) is 15.4 Å². The number of nitrogens with one attached hydrogen (secondary N) is 1. The Hall–Kier alpha value is -1.94. The second kappa shape index (κ2) is 2.80. The highest BCUT2D eigenvalue weighted by atomic mass is 32.1. The zero-order chi connectivity index (χ0) is 10.5. The maximum atomic E-state index is 4.24. The number of aromatic amines is 1. The fourth-order valence-corrected chi connectivity index (χ4v) is 3.23. The van der Waals surface area contributed by atoms with Crippen LogP contribution in [0.2, 0.25) is 0 Å². The molecule has 0 aliphatic carbocycles. The van der Waals surface area contributed by atoms with E-state index in [9.17, 15) is 0 Å². The van der Waals surface area contributed by atoms with Crippen molar-refractivity contribution in [2.24, 2.45) is 0 Å². The molecule has 0 aliphatic rings. The summed E-state index contributed by atoms with van der Waals surface area (Å²) in [4.78, 5) is 0.